The molecule has 0 radical (unpaired) electrons. The highest BCUT2D eigenvalue weighted by molar-refractivity contribution is 6.12. The number of hydrogen-bond acceptors (Lipinski definition) is 23. The highest BCUT2D eigenvalue weighted by atomic mass is 16.6. The maximum absolute atomic E-state index is 15.0. The van der Waals surface area contributed by atoms with Crippen LogP contribution in [0.5, 0.6) is 0 Å². The molecule has 0 aromatic heterocycles. The molecule has 0 unspecified atom stereocenters. The molecule has 31 nitrogen and oxygen atoms in total. The minimum Gasteiger partial charge on any atom is -0.382 e. The molecule has 4 aliphatic rings. The van der Waals surface area contributed by atoms with Crippen LogP contribution in [0.4, 0.5) is 5.69 Å². The summed E-state index contributed by atoms with van der Waals surface area (Å²) in [6.07, 6.45) is 7.43. The Balaban J connectivity index is 0.863. The van der Waals surface area contributed by atoms with Crippen LogP contribution in [-0.4, -0.2) is 315 Å². The van der Waals surface area contributed by atoms with Gasteiger partial charge in [-0.2, -0.15) is 0 Å². The second-order valence-electron chi connectivity index (χ2n) is 29.5. The highest BCUT2D eigenvalue weighted by Crippen LogP contribution is 2.43. The number of fused-ring (bicyclic) bond motifs is 2. The smallest absolute Gasteiger partial charge is 0.253 e. The maximum atomic E-state index is 15.0. The van der Waals surface area contributed by atoms with E-state index in [-0.39, 0.29) is 104 Å². The molecule has 4 N–H and O–H groups in total. The lowest BCUT2D eigenvalue weighted by Gasteiger charge is -2.41. The van der Waals surface area contributed by atoms with E-state index in [0.717, 1.165) is 24.0 Å². The zero-order valence-electron chi connectivity index (χ0n) is 69.0. The van der Waals surface area contributed by atoms with E-state index >= 15 is 0 Å². The summed E-state index contributed by atoms with van der Waals surface area (Å²) in [7, 11) is 6.36. The van der Waals surface area contributed by atoms with Gasteiger partial charge in [-0.05, 0) is 86.0 Å². The molecule has 3 aliphatic heterocycles. The maximum Gasteiger partial charge on any atom is 0.253 e. The zero-order valence-corrected chi connectivity index (χ0v) is 69.0. The Morgan fingerprint density at radius 3 is 1.59 bits per heavy atom. The standard InChI is InChI=1S/C83H132N8O23/c1-10-61(4)77(70(102-8)58-75(96)89-32-17-20-69(89)79(103-9)62(5)80(97)86-68(56-63-18-13-11-14-19-63)81(98)85-66-25-22-64(23-26-66)59-84-71(92)21-15-12-16-31-90-72(93)28-29-73(90)94)88(6)83(100)76(60(2)3)87-82(99)78-65-24-27-67(57-65)91(78)74(95)30-33-104-36-37-106-40-41-108-44-45-110-48-49-112-52-53-114-55-54-113-51-50-111-47-46-109-43-42-107-39-38-105-35-34-101-7/h11,13-14,18-19,22-23,25-26,28-29,60-62,65,67-70,76-79H,10,12,15-17,20-21,24,27,30-59H2,1-9H3,(H,84,92)(H,85,98)(H,86,97)(H,87,99)/t61-,62+,65-,67+,68-,69-,70+,76-,77-,78-,79+/m0/s1. The van der Waals surface area contributed by atoms with Crippen molar-refractivity contribution in [2.24, 2.45) is 23.7 Å². The molecule has 2 aromatic rings. The summed E-state index contributed by atoms with van der Waals surface area (Å²) in [5, 5.41) is 12.0. The minimum atomic E-state index is -1.01. The summed E-state index contributed by atoms with van der Waals surface area (Å²) in [5.74, 6) is -4.19. The predicted molar refractivity (Wildman–Crippen MR) is 423 cm³/mol. The number of carbonyl (C=O) groups is 9. The van der Waals surface area contributed by atoms with Gasteiger partial charge in [0, 0.05) is 84.7 Å². The Labute approximate surface area is 674 Å². The Hall–Kier alpha value is -6.95. The number of likely N-dealkylation sites (N-methyl/N-ethyl adjacent to an activating group) is 1. The van der Waals surface area contributed by atoms with Crippen molar-refractivity contribution in [2.75, 3.05) is 199 Å². The van der Waals surface area contributed by atoms with Gasteiger partial charge in [0.25, 0.3) is 11.8 Å². The van der Waals surface area contributed by atoms with Gasteiger partial charge >= 0.3 is 0 Å². The first-order chi connectivity index (χ1) is 55.3. The van der Waals surface area contributed by atoms with Crippen LogP contribution < -0.4 is 21.3 Å². The van der Waals surface area contributed by atoms with E-state index in [0.29, 0.717) is 209 Å². The molecule has 2 aromatic carbocycles. The monoisotopic (exact) mass is 1610 g/mol. The van der Waals surface area contributed by atoms with Crippen molar-refractivity contribution >= 4 is 58.9 Å². The highest BCUT2D eigenvalue weighted by Gasteiger charge is 2.52. The van der Waals surface area contributed by atoms with Crippen LogP contribution in [0.1, 0.15) is 123 Å². The third-order valence-electron chi connectivity index (χ3n) is 21.1. The van der Waals surface area contributed by atoms with Gasteiger partial charge in [0.15, 0.2) is 0 Å². The molecule has 3 heterocycles. The summed E-state index contributed by atoms with van der Waals surface area (Å²) < 4.78 is 78.3. The number of hydrogen-bond donors (Lipinski definition) is 4. The van der Waals surface area contributed by atoms with E-state index in [1.807, 2.05) is 58.0 Å². The number of methoxy groups -OCH3 is 3. The number of rotatable bonds is 64. The Kier molecular flexibility index (Phi) is 46.8. The minimum absolute atomic E-state index is 0.0529. The van der Waals surface area contributed by atoms with E-state index in [4.69, 9.17) is 66.3 Å². The molecule has 1 saturated carbocycles. The average Bonchev–Trinajstić information content (AvgIpc) is 1.61. The summed E-state index contributed by atoms with van der Waals surface area (Å²) in [5.41, 5.74) is 2.11. The molecule has 114 heavy (non-hydrogen) atoms. The van der Waals surface area contributed by atoms with Crippen LogP contribution in [-0.2, 0) is 122 Å². The van der Waals surface area contributed by atoms with Crippen molar-refractivity contribution in [3.8, 4) is 0 Å². The van der Waals surface area contributed by atoms with Gasteiger partial charge in [-0.25, -0.2) is 0 Å². The second kappa shape index (κ2) is 55.6. The van der Waals surface area contributed by atoms with E-state index in [9.17, 15) is 43.2 Å². The summed E-state index contributed by atoms with van der Waals surface area (Å²) >= 11 is 0. The van der Waals surface area contributed by atoms with Crippen LogP contribution in [0, 0.1) is 23.7 Å². The molecular formula is C83H132N8O23. The van der Waals surface area contributed by atoms with Crippen LogP contribution >= 0.6 is 0 Å². The Bertz CT molecular complexity index is 3140. The lowest BCUT2D eigenvalue weighted by atomic mass is 9.89. The van der Waals surface area contributed by atoms with Crippen LogP contribution in [0.25, 0.3) is 0 Å². The molecular weight excluding hydrogens is 1480 g/mol. The quantitative estimate of drug-likeness (QED) is 0.0493. The number of amides is 9. The van der Waals surface area contributed by atoms with E-state index < -0.39 is 60.1 Å². The zero-order chi connectivity index (χ0) is 82.2. The molecule has 0 spiro atoms. The first-order valence-electron chi connectivity index (χ1n) is 40.9. The number of anilines is 1. The number of benzene rings is 2. The van der Waals surface area contributed by atoms with Gasteiger partial charge in [-0.1, -0.05) is 89.9 Å². The van der Waals surface area contributed by atoms with Crippen LogP contribution in [0.15, 0.2) is 66.7 Å². The van der Waals surface area contributed by atoms with Crippen molar-refractivity contribution in [2.45, 2.75) is 173 Å². The lowest BCUT2D eigenvalue weighted by Crippen LogP contribution is -2.60. The van der Waals surface area contributed by atoms with E-state index in [2.05, 4.69) is 21.3 Å². The number of imide groups is 1. The number of carbonyl (C=O) groups excluding carboxylic acids is 9. The molecule has 9 amide bonds. The number of likely N-dealkylation sites (tertiary alicyclic amines) is 2. The normalized spacial score (nSPS) is 18.5. The van der Waals surface area contributed by atoms with Gasteiger partial charge < -0.3 is 102 Å². The van der Waals surface area contributed by atoms with Gasteiger partial charge in [0.1, 0.15) is 18.1 Å². The lowest BCUT2D eigenvalue weighted by molar-refractivity contribution is -0.149. The molecule has 1 aliphatic carbocycles. The fourth-order valence-electron chi connectivity index (χ4n) is 14.7. The molecule has 11 atom stereocenters. The Morgan fingerprint density at radius 1 is 0.561 bits per heavy atom. The second-order valence-corrected chi connectivity index (χ2v) is 29.5. The number of nitrogens with one attached hydrogen (secondary N) is 4. The number of nitrogens with zero attached hydrogens (tertiary/aromatic N) is 4. The Morgan fingerprint density at radius 2 is 1.09 bits per heavy atom. The number of piperidine rings is 1. The van der Waals surface area contributed by atoms with Crippen LogP contribution in [0.2, 0.25) is 0 Å². The van der Waals surface area contributed by atoms with Gasteiger partial charge in [0.2, 0.25) is 41.4 Å². The average molecular weight is 1610 g/mol. The van der Waals surface area contributed by atoms with Crippen molar-refractivity contribution in [3.63, 3.8) is 0 Å². The molecule has 6 rings (SSSR count). The van der Waals surface area contributed by atoms with Crippen molar-refractivity contribution in [3.05, 3.63) is 77.9 Å². The fourth-order valence-corrected chi connectivity index (χ4v) is 14.7. The van der Waals surface area contributed by atoms with E-state index in [1.54, 1.807) is 60.0 Å². The molecule has 642 valence electrons. The SMILES string of the molecule is CC[C@H](C)[C@@H]([C@@H](CC(=O)N1CCC[C@H]1[C@H](OC)[C@@H](C)C(=O)N[C@@H](Cc1ccccc1)C(=O)Nc1ccc(CNC(=O)CCCCCN2C(=O)C=CC2=O)cc1)OC)N(C)C(=O)[C@@H](NC(=O)[C@@H]1[C@H]2CC[C@H](C2)N1C(=O)CCOCCOCCOCCOCCOCCOCCOCCOCCOCCOCCOCCOC)C(C)C. The van der Waals surface area contributed by atoms with Crippen molar-refractivity contribution < 1.29 is 109 Å². The first kappa shape index (κ1) is 95.9. The predicted octanol–water partition coefficient (Wildman–Crippen LogP) is 5.11. The molecule has 31 heteroatoms. The fraction of sp³-hybridized carbons (Fsp3) is 0.723. The molecule has 3 fully saturated rings. The van der Waals surface area contributed by atoms with Gasteiger partial charge in [0.05, 0.1) is 195 Å². The summed E-state index contributed by atoms with van der Waals surface area (Å²) in [6, 6.07) is 12.5. The van der Waals surface area contributed by atoms with Gasteiger partial charge in [-0.15, -0.1) is 0 Å². The van der Waals surface area contributed by atoms with Crippen molar-refractivity contribution in [1.82, 2.24) is 35.6 Å². The summed E-state index contributed by atoms with van der Waals surface area (Å²) in [4.78, 5) is 130. The largest absolute Gasteiger partial charge is 0.382 e. The number of unbranched alkanes of at least 4 members (excludes halogenated alkanes) is 2. The third-order valence-corrected chi connectivity index (χ3v) is 21.1. The van der Waals surface area contributed by atoms with Crippen LogP contribution in [0.3, 0.4) is 0 Å². The van der Waals surface area contributed by atoms with Crippen molar-refractivity contribution in [1.29, 1.82) is 0 Å². The molecule has 2 saturated heterocycles. The van der Waals surface area contributed by atoms with E-state index in [1.165, 1.54) is 31.3 Å². The third kappa shape index (κ3) is 33.9. The first-order valence-corrected chi connectivity index (χ1v) is 40.9. The number of ether oxygens (including phenoxy) is 14. The molecule has 2 bridgehead atoms. The topological polar surface area (TPSA) is 344 Å². The van der Waals surface area contributed by atoms with Gasteiger partial charge in [-0.3, -0.25) is 48.1 Å². The summed E-state index contributed by atoms with van der Waals surface area (Å²) in [6.45, 7) is 20.5.